The van der Waals surface area contributed by atoms with Crippen molar-refractivity contribution >= 4 is 28.9 Å². The fraction of sp³-hybridized carbons (Fsp3) is 0.312. The number of thioether (sulfide) groups is 1. The van der Waals surface area contributed by atoms with E-state index in [9.17, 15) is 4.79 Å². The highest BCUT2D eigenvalue weighted by atomic mass is 32.2. The van der Waals surface area contributed by atoms with E-state index in [-0.39, 0.29) is 11.2 Å². The first-order valence-corrected chi connectivity index (χ1v) is 8.45. The molecule has 0 aliphatic carbocycles. The summed E-state index contributed by atoms with van der Waals surface area (Å²) >= 11 is 1.29. The van der Waals surface area contributed by atoms with Gasteiger partial charge in [-0.15, -0.1) is 5.10 Å². The SMILES string of the molecule is CCOC(=O)C(C)Sc1ncnc2c1nnn2-c1ccc(C)cc1. The Labute approximate surface area is 143 Å². The maximum Gasteiger partial charge on any atom is 0.319 e. The van der Waals surface area contributed by atoms with Gasteiger partial charge in [0.15, 0.2) is 11.2 Å². The summed E-state index contributed by atoms with van der Waals surface area (Å²) in [7, 11) is 0. The standard InChI is InChI=1S/C16H17N5O2S/c1-4-23-16(22)11(3)24-15-13-14(17-9-18-15)21(20-19-13)12-7-5-10(2)6-8-12/h5-9,11H,4H2,1-3H3. The molecule has 0 radical (unpaired) electrons. The number of nitrogens with zero attached hydrogens (tertiary/aromatic N) is 5. The zero-order valence-electron chi connectivity index (χ0n) is 13.6. The zero-order valence-corrected chi connectivity index (χ0v) is 14.4. The Bertz CT molecular complexity index is 863. The van der Waals surface area contributed by atoms with Gasteiger partial charge in [0, 0.05) is 0 Å². The highest BCUT2D eigenvalue weighted by molar-refractivity contribution is 8.00. The third kappa shape index (κ3) is 3.23. The molecule has 1 atom stereocenters. The molecule has 7 nitrogen and oxygen atoms in total. The van der Waals surface area contributed by atoms with E-state index in [0.717, 1.165) is 11.3 Å². The largest absolute Gasteiger partial charge is 0.465 e. The summed E-state index contributed by atoms with van der Waals surface area (Å²) in [5.74, 6) is -0.278. The maximum absolute atomic E-state index is 11.8. The van der Waals surface area contributed by atoms with Crippen molar-refractivity contribution in [2.45, 2.75) is 31.0 Å². The van der Waals surface area contributed by atoms with Gasteiger partial charge in [-0.05, 0) is 32.9 Å². The monoisotopic (exact) mass is 343 g/mol. The zero-order chi connectivity index (χ0) is 17.1. The fourth-order valence-electron chi connectivity index (χ4n) is 2.15. The molecule has 1 aromatic carbocycles. The van der Waals surface area contributed by atoms with Crippen LogP contribution in [0.3, 0.4) is 0 Å². The number of carbonyl (C=O) groups is 1. The number of hydrogen-bond donors (Lipinski definition) is 0. The molecular weight excluding hydrogens is 326 g/mol. The van der Waals surface area contributed by atoms with Crippen molar-refractivity contribution in [2.24, 2.45) is 0 Å². The molecule has 24 heavy (non-hydrogen) atoms. The summed E-state index contributed by atoms with van der Waals surface area (Å²) in [4.78, 5) is 20.3. The van der Waals surface area contributed by atoms with E-state index in [0.29, 0.717) is 22.8 Å². The molecule has 0 aliphatic heterocycles. The van der Waals surface area contributed by atoms with E-state index in [4.69, 9.17) is 4.74 Å². The molecule has 8 heteroatoms. The molecule has 0 saturated carbocycles. The molecular formula is C16H17N5O2S. The molecule has 0 aliphatic rings. The van der Waals surface area contributed by atoms with Crippen LogP contribution < -0.4 is 0 Å². The molecule has 0 spiro atoms. The molecule has 3 aromatic rings. The van der Waals surface area contributed by atoms with Crippen molar-refractivity contribution in [1.29, 1.82) is 0 Å². The quantitative estimate of drug-likeness (QED) is 0.400. The summed E-state index contributed by atoms with van der Waals surface area (Å²) in [6.07, 6.45) is 1.45. The number of ether oxygens (including phenoxy) is 1. The summed E-state index contributed by atoms with van der Waals surface area (Å²) in [6.45, 7) is 5.94. The van der Waals surface area contributed by atoms with Crippen molar-refractivity contribution in [2.75, 3.05) is 6.61 Å². The van der Waals surface area contributed by atoms with Gasteiger partial charge in [0.05, 0.1) is 12.3 Å². The van der Waals surface area contributed by atoms with Crippen LogP contribution in [0.1, 0.15) is 19.4 Å². The Morgan fingerprint density at radius 3 is 2.75 bits per heavy atom. The van der Waals surface area contributed by atoms with Crippen molar-refractivity contribution in [3.8, 4) is 5.69 Å². The van der Waals surface area contributed by atoms with E-state index in [1.165, 1.54) is 18.1 Å². The van der Waals surface area contributed by atoms with Crippen LogP contribution in [0.2, 0.25) is 0 Å². The van der Waals surface area contributed by atoms with Gasteiger partial charge in [0.2, 0.25) is 0 Å². The average Bonchev–Trinajstić information content (AvgIpc) is 3.01. The van der Waals surface area contributed by atoms with Crippen molar-refractivity contribution in [3.05, 3.63) is 36.2 Å². The molecule has 124 valence electrons. The lowest BCUT2D eigenvalue weighted by atomic mass is 10.2. The maximum atomic E-state index is 11.8. The van der Waals surface area contributed by atoms with Gasteiger partial charge in [-0.3, -0.25) is 4.79 Å². The van der Waals surface area contributed by atoms with Crippen LogP contribution in [0.5, 0.6) is 0 Å². The normalized spacial score (nSPS) is 12.3. The smallest absolute Gasteiger partial charge is 0.319 e. The van der Waals surface area contributed by atoms with E-state index < -0.39 is 0 Å². The number of aromatic nitrogens is 5. The molecule has 0 amide bonds. The average molecular weight is 343 g/mol. The van der Waals surface area contributed by atoms with Crippen molar-refractivity contribution < 1.29 is 9.53 Å². The number of hydrogen-bond acceptors (Lipinski definition) is 7. The first-order valence-electron chi connectivity index (χ1n) is 7.57. The molecule has 0 N–H and O–H groups in total. The topological polar surface area (TPSA) is 82.8 Å². The fourth-order valence-corrected chi connectivity index (χ4v) is 3.00. The highest BCUT2D eigenvalue weighted by Gasteiger charge is 2.20. The minimum atomic E-state index is -0.382. The predicted octanol–water partition coefficient (Wildman–Crippen LogP) is 2.56. The first-order chi connectivity index (χ1) is 11.6. The lowest BCUT2D eigenvalue weighted by Crippen LogP contribution is -2.16. The summed E-state index contributed by atoms with van der Waals surface area (Å²) in [6, 6.07) is 7.92. The van der Waals surface area contributed by atoms with Crippen LogP contribution in [-0.2, 0) is 9.53 Å². The Balaban J connectivity index is 1.94. The van der Waals surface area contributed by atoms with Gasteiger partial charge >= 0.3 is 5.97 Å². The van der Waals surface area contributed by atoms with Crippen LogP contribution in [0, 0.1) is 6.92 Å². The number of benzene rings is 1. The second-order valence-electron chi connectivity index (χ2n) is 5.20. The Kier molecular flexibility index (Phi) is 4.75. The number of esters is 1. The molecule has 3 rings (SSSR count). The van der Waals surface area contributed by atoms with Crippen LogP contribution in [0.25, 0.3) is 16.9 Å². The van der Waals surface area contributed by atoms with Crippen LogP contribution >= 0.6 is 11.8 Å². The minimum absolute atomic E-state index is 0.278. The number of fused-ring (bicyclic) bond motifs is 1. The Hall–Kier alpha value is -2.48. The summed E-state index contributed by atoms with van der Waals surface area (Å²) in [5.41, 5.74) is 3.21. The van der Waals surface area contributed by atoms with E-state index >= 15 is 0 Å². The van der Waals surface area contributed by atoms with Gasteiger partial charge in [0.25, 0.3) is 0 Å². The van der Waals surface area contributed by atoms with Gasteiger partial charge in [-0.1, -0.05) is 34.7 Å². The molecule has 1 unspecified atom stereocenters. The molecule has 0 fully saturated rings. The summed E-state index contributed by atoms with van der Waals surface area (Å²) < 4.78 is 6.69. The Morgan fingerprint density at radius 2 is 2.04 bits per heavy atom. The third-order valence-electron chi connectivity index (χ3n) is 3.39. The number of carbonyl (C=O) groups excluding carboxylic acids is 1. The lowest BCUT2D eigenvalue weighted by molar-refractivity contribution is -0.142. The predicted molar refractivity (Wildman–Crippen MR) is 91.1 cm³/mol. The minimum Gasteiger partial charge on any atom is -0.465 e. The second kappa shape index (κ2) is 6.96. The number of rotatable bonds is 5. The molecule has 0 saturated heterocycles. The van der Waals surface area contributed by atoms with E-state index in [2.05, 4.69) is 20.3 Å². The van der Waals surface area contributed by atoms with Crippen molar-refractivity contribution in [3.63, 3.8) is 0 Å². The van der Waals surface area contributed by atoms with Gasteiger partial charge in [-0.2, -0.15) is 4.68 Å². The first kappa shape index (κ1) is 16.4. The summed E-state index contributed by atoms with van der Waals surface area (Å²) in [5, 5.41) is 8.60. The van der Waals surface area contributed by atoms with Crippen LogP contribution in [-0.4, -0.2) is 42.8 Å². The van der Waals surface area contributed by atoms with Crippen LogP contribution in [0.4, 0.5) is 0 Å². The van der Waals surface area contributed by atoms with Gasteiger partial charge < -0.3 is 4.74 Å². The molecule has 2 aromatic heterocycles. The molecule has 0 bridgehead atoms. The van der Waals surface area contributed by atoms with Gasteiger partial charge in [-0.25, -0.2) is 9.97 Å². The van der Waals surface area contributed by atoms with Crippen molar-refractivity contribution in [1.82, 2.24) is 25.0 Å². The van der Waals surface area contributed by atoms with E-state index in [1.807, 2.05) is 31.2 Å². The Morgan fingerprint density at radius 1 is 1.29 bits per heavy atom. The van der Waals surface area contributed by atoms with Crippen LogP contribution in [0.15, 0.2) is 35.6 Å². The second-order valence-corrected chi connectivity index (χ2v) is 6.53. The number of aryl methyl sites for hydroxylation is 1. The van der Waals surface area contributed by atoms with E-state index in [1.54, 1.807) is 18.5 Å². The highest BCUT2D eigenvalue weighted by Crippen LogP contribution is 2.27. The third-order valence-corrected chi connectivity index (χ3v) is 4.46. The van der Waals surface area contributed by atoms with Gasteiger partial charge in [0.1, 0.15) is 16.6 Å². The lowest BCUT2D eigenvalue weighted by Gasteiger charge is -2.09. The molecule has 2 heterocycles.